The van der Waals surface area contributed by atoms with E-state index in [2.05, 4.69) is 5.32 Å². The van der Waals surface area contributed by atoms with Crippen molar-refractivity contribution in [3.05, 3.63) is 59.7 Å². The lowest BCUT2D eigenvalue weighted by molar-refractivity contribution is -0.112. The van der Waals surface area contributed by atoms with Crippen molar-refractivity contribution in [2.45, 2.75) is 20.3 Å². The molecule has 5 nitrogen and oxygen atoms in total. The zero-order valence-corrected chi connectivity index (χ0v) is 15.0. The van der Waals surface area contributed by atoms with Gasteiger partial charge in [0.1, 0.15) is 23.1 Å². The SMILES string of the molecule is CCCOc1ccccc1/C=C(\C#N)C(=O)Nc1ccc(OCC)cc1. The summed E-state index contributed by atoms with van der Waals surface area (Å²) in [6, 6.07) is 16.3. The number of carbonyl (C=O) groups is 1. The highest BCUT2D eigenvalue weighted by Crippen LogP contribution is 2.22. The quantitative estimate of drug-likeness (QED) is 0.565. The molecule has 0 unspecified atom stereocenters. The van der Waals surface area contributed by atoms with Gasteiger partial charge < -0.3 is 14.8 Å². The number of anilines is 1. The van der Waals surface area contributed by atoms with Gasteiger partial charge in [-0.25, -0.2) is 0 Å². The smallest absolute Gasteiger partial charge is 0.266 e. The number of nitriles is 1. The first-order valence-electron chi connectivity index (χ1n) is 8.55. The number of para-hydroxylation sites is 1. The van der Waals surface area contributed by atoms with Crippen LogP contribution in [0.5, 0.6) is 11.5 Å². The van der Waals surface area contributed by atoms with E-state index in [1.165, 1.54) is 6.08 Å². The number of nitrogens with zero attached hydrogens (tertiary/aromatic N) is 1. The van der Waals surface area contributed by atoms with Crippen LogP contribution in [0, 0.1) is 11.3 Å². The molecule has 0 aliphatic heterocycles. The van der Waals surface area contributed by atoms with Gasteiger partial charge in [-0.2, -0.15) is 5.26 Å². The number of carbonyl (C=O) groups excluding carboxylic acids is 1. The molecule has 0 atom stereocenters. The highest BCUT2D eigenvalue weighted by atomic mass is 16.5. The van der Waals surface area contributed by atoms with Gasteiger partial charge in [-0.3, -0.25) is 4.79 Å². The molecule has 0 bridgehead atoms. The summed E-state index contributed by atoms with van der Waals surface area (Å²) in [6.07, 6.45) is 2.41. The zero-order chi connectivity index (χ0) is 18.8. The largest absolute Gasteiger partial charge is 0.494 e. The number of ether oxygens (including phenoxy) is 2. The Morgan fingerprint density at radius 1 is 1.12 bits per heavy atom. The van der Waals surface area contributed by atoms with Crippen molar-refractivity contribution in [1.82, 2.24) is 0 Å². The van der Waals surface area contributed by atoms with Gasteiger partial charge in [0, 0.05) is 11.3 Å². The lowest BCUT2D eigenvalue weighted by Gasteiger charge is -2.09. The van der Waals surface area contributed by atoms with Crippen molar-refractivity contribution in [3.63, 3.8) is 0 Å². The molecule has 5 heteroatoms. The van der Waals surface area contributed by atoms with E-state index >= 15 is 0 Å². The summed E-state index contributed by atoms with van der Waals surface area (Å²) < 4.78 is 11.0. The zero-order valence-electron chi connectivity index (χ0n) is 15.0. The van der Waals surface area contributed by atoms with E-state index in [0.29, 0.717) is 30.2 Å². The van der Waals surface area contributed by atoms with E-state index in [4.69, 9.17) is 9.47 Å². The Morgan fingerprint density at radius 2 is 1.85 bits per heavy atom. The van der Waals surface area contributed by atoms with Crippen LogP contribution in [-0.2, 0) is 4.79 Å². The van der Waals surface area contributed by atoms with Crippen LogP contribution in [0.25, 0.3) is 6.08 Å². The topological polar surface area (TPSA) is 71.3 Å². The summed E-state index contributed by atoms with van der Waals surface area (Å²) in [5, 5.41) is 12.1. The van der Waals surface area contributed by atoms with Crippen molar-refractivity contribution in [2.75, 3.05) is 18.5 Å². The lowest BCUT2D eigenvalue weighted by atomic mass is 10.1. The van der Waals surface area contributed by atoms with E-state index in [-0.39, 0.29) is 5.57 Å². The Morgan fingerprint density at radius 3 is 2.50 bits per heavy atom. The first kappa shape index (κ1) is 19.1. The second kappa shape index (κ2) is 9.90. The fraction of sp³-hybridized carbons (Fsp3) is 0.238. The van der Waals surface area contributed by atoms with Crippen molar-refractivity contribution in [2.24, 2.45) is 0 Å². The fourth-order valence-corrected chi connectivity index (χ4v) is 2.25. The maximum atomic E-state index is 12.4. The summed E-state index contributed by atoms with van der Waals surface area (Å²) in [5.74, 6) is 0.904. The number of benzene rings is 2. The van der Waals surface area contributed by atoms with E-state index in [1.54, 1.807) is 24.3 Å². The minimum atomic E-state index is -0.470. The average molecular weight is 350 g/mol. The molecule has 0 aliphatic carbocycles. The van der Waals surface area contributed by atoms with E-state index < -0.39 is 5.91 Å². The summed E-state index contributed by atoms with van der Waals surface area (Å²) >= 11 is 0. The third-order valence-electron chi connectivity index (χ3n) is 3.47. The number of rotatable bonds is 8. The maximum Gasteiger partial charge on any atom is 0.266 e. The molecule has 2 aromatic rings. The summed E-state index contributed by atoms with van der Waals surface area (Å²) in [5.41, 5.74) is 1.29. The van der Waals surface area contributed by atoms with Crippen LogP contribution in [-0.4, -0.2) is 19.1 Å². The molecule has 0 spiro atoms. The van der Waals surface area contributed by atoms with Gasteiger partial charge in [0.25, 0.3) is 5.91 Å². The van der Waals surface area contributed by atoms with Crippen molar-refractivity contribution >= 4 is 17.7 Å². The molecule has 2 aromatic carbocycles. The predicted octanol–water partition coefficient (Wildman–Crippen LogP) is 4.42. The summed E-state index contributed by atoms with van der Waals surface area (Å²) in [6.45, 7) is 5.07. The second-order valence-corrected chi connectivity index (χ2v) is 5.47. The van der Waals surface area contributed by atoms with Crippen LogP contribution < -0.4 is 14.8 Å². The second-order valence-electron chi connectivity index (χ2n) is 5.47. The number of amides is 1. The van der Waals surface area contributed by atoms with Gasteiger partial charge in [0.05, 0.1) is 13.2 Å². The molecule has 0 heterocycles. The molecule has 134 valence electrons. The molecular formula is C21H22N2O3. The van der Waals surface area contributed by atoms with Crippen LogP contribution in [0.3, 0.4) is 0 Å². The van der Waals surface area contributed by atoms with Gasteiger partial charge >= 0.3 is 0 Å². The molecule has 0 aromatic heterocycles. The lowest BCUT2D eigenvalue weighted by Crippen LogP contribution is -2.13. The third-order valence-corrected chi connectivity index (χ3v) is 3.47. The number of hydrogen-bond acceptors (Lipinski definition) is 4. The molecule has 0 saturated heterocycles. The van der Waals surface area contributed by atoms with Gasteiger partial charge in [-0.15, -0.1) is 0 Å². The summed E-state index contributed by atoms with van der Waals surface area (Å²) in [7, 11) is 0. The number of nitrogens with one attached hydrogen (secondary N) is 1. The van der Waals surface area contributed by atoms with Gasteiger partial charge in [-0.1, -0.05) is 25.1 Å². The fourth-order valence-electron chi connectivity index (χ4n) is 2.25. The molecule has 2 rings (SSSR count). The molecule has 26 heavy (non-hydrogen) atoms. The Kier molecular flexibility index (Phi) is 7.26. The monoisotopic (exact) mass is 350 g/mol. The van der Waals surface area contributed by atoms with Crippen LogP contribution in [0.1, 0.15) is 25.8 Å². The van der Waals surface area contributed by atoms with Crippen LogP contribution in [0.2, 0.25) is 0 Å². The molecule has 0 aliphatic rings. The number of hydrogen-bond donors (Lipinski definition) is 1. The first-order chi connectivity index (χ1) is 12.7. The van der Waals surface area contributed by atoms with E-state index in [9.17, 15) is 10.1 Å². The van der Waals surface area contributed by atoms with E-state index in [1.807, 2.05) is 44.2 Å². The molecule has 0 fully saturated rings. The minimum absolute atomic E-state index is 0.00596. The maximum absolute atomic E-state index is 12.4. The van der Waals surface area contributed by atoms with Crippen LogP contribution in [0.4, 0.5) is 5.69 Å². The Labute approximate surface area is 153 Å². The van der Waals surface area contributed by atoms with Gasteiger partial charge in [0.15, 0.2) is 0 Å². The highest BCUT2D eigenvalue weighted by molar-refractivity contribution is 6.09. The summed E-state index contributed by atoms with van der Waals surface area (Å²) in [4.78, 5) is 12.4. The molecule has 0 saturated carbocycles. The van der Waals surface area contributed by atoms with Crippen LogP contribution in [0.15, 0.2) is 54.1 Å². The normalized spacial score (nSPS) is 10.7. The van der Waals surface area contributed by atoms with Gasteiger partial charge in [-0.05, 0) is 49.8 Å². The first-order valence-corrected chi connectivity index (χ1v) is 8.55. The molecule has 1 N–H and O–H groups in total. The Balaban J connectivity index is 2.16. The Bertz CT molecular complexity index is 805. The average Bonchev–Trinajstić information content (AvgIpc) is 2.66. The molecular weight excluding hydrogens is 328 g/mol. The van der Waals surface area contributed by atoms with Crippen molar-refractivity contribution in [1.29, 1.82) is 5.26 Å². The third kappa shape index (κ3) is 5.38. The highest BCUT2D eigenvalue weighted by Gasteiger charge is 2.11. The van der Waals surface area contributed by atoms with E-state index in [0.717, 1.165) is 12.2 Å². The van der Waals surface area contributed by atoms with Crippen LogP contribution >= 0.6 is 0 Å². The Hall–Kier alpha value is -3.26. The minimum Gasteiger partial charge on any atom is -0.494 e. The standard InChI is InChI=1S/C21H22N2O3/c1-3-13-26-20-8-6-5-7-16(20)14-17(15-22)21(24)23-18-9-11-19(12-10-18)25-4-2/h5-12,14H,3-4,13H2,1-2H3,(H,23,24)/b17-14+. The van der Waals surface area contributed by atoms with Crippen molar-refractivity contribution < 1.29 is 14.3 Å². The van der Waals surface area contributed by atoms with Crippen molar-refractivity contribution in [3.8, 4) is 17.6 Å². The predicted molar refractivity (Wildman–Crippen MR) is 102 cm³/mol. The molecule has 1 amide bonds. The van der Waals surface area contributed by atoms with Gasteiger partial charge in [0.2, 0.25) is 0 Å². The molecule has 0 radical (unpaired) electrons.